The number of piperidine rings is 1. The molecule has 0 radical (unpaired) electrons. The molecule has 0 unspecified atom stereocenters. The van der Waals surface area contributed by atoms with Crippen LogP contribution in [0.25, 0.3) is 0 Å². The van der Waals surface area contributed by atoms with Crippen LogP contribution in [0.5, 0.6) is 0 Å². The number of nitrogens with one attached hydrogen (secondary N) is 2. The predicted molar refractivity (Wildman–Crippen MR) is 142 cm³/mol. The maximum absolute atomic E-state index is 13.8. The molecule has 1 aliphatic heterocycles. The second kappa shape index (κ2) is 10.4. The van der Waals surface area contributed by atoms with Crippen molar-refractivity contribution in [2.45, 2.75) is 69.9 Å². The number of carbonyl (C=O) groups excluding carboxylic acids is 2. The lowest BCUT2D eigenvalue weighted by Gasteiger charge is -2.40. The molecule has 1 aromatic heterocycles. The Bertz CT molecular complexity index is 1090. The van der Waals surface area contributed by atoms with Crippen LogP contribution >= 0.6 is 11.6 Å². The Kier molecular flexibility index (Phi) is 7.22. The van der Waals surface area contributed by atoms with Crippen LogP contribution in [0.1, 0.15) is 55.5 Å². The third-order valence-corrected chi connectivity index (χ3v) is 7.99. The summed E-state index contributed by atoms with van der Waals surface area (Å²) in [5.41, 5.74) is 3.30. The molecule has 7 nitrogen and oxygen atoms in total. The molecule has 1 saturated heterocycles. The van der Waals surface area contributed by atoms with Crippen molar-refractivity contribution in [3.8, 4) is 0 Å². The molecule has 2 aliphatic carbocycles. The van der Waals surface area contributed by atoms with Crippen LogP contribution in [0.15, 0.2) is 36.4 Å². The van der Waals surface area contributed by atoms with Crippen LogP contribution < -0.4 is 10.6 Å². The van der Waals surface area contributed by atoms with E-state index in [0.717, 1.165) is 80.8 Å². The summed E-state index contributed by atoms with van der Waals surface area (Å²) >= 11 is 6.09. The molecule has 2 aromatic rings. The number of likely N-dealkylation sites (tertiary alicyclic amines) is 1. The van der Waals surface area contributed by atoms with Crippen molar-refractivity contribution in [1.82, 2.24) is 20.1 Å². The van der Waals surface area contributed by atoms with Crippen LogP contribution in [-0.4, -0.2) is 65.0 Å². The summed E-state index contributed by atoms with van der Waals surface area (Å²) in [4.78, 5) is 35.1. The van der Waals surface area contributed by atoms with E-state index >= 15 is 0 Å². The molecule has 3 aliphatic rings. The summed E-state index contributed by atoms with van der Waals surface area (Å²) in [5.74, 6) is 0.325. The predicted octanol–water partition coefficient (Wildman–Crippen LogP) is 4.66. The molecular weight excluding hydrogens is 474 g/mol. The zero-order valence-corrected chi connectivity index (χ0v) is 22.0. The van der Waals surface area contributed by atoms with Crippen LogP contribution in [0.3, 0.4) is 0 Å². The number of carbonyl (C=O) groups is 2. The molecule has 8 heteroatoms. The first-order valence-electron chi connectivity index (χ1n) is 13.2. The van der Waals surface area contributed by atoms with Crippen molar-refractivity contribution >= 4 is 29.2 Å². The number of nitrogens with zero attached hydrogens (tertiary/aromatic N) is 3. The molecule has 2 heterocycles. The number of pyridine rings is 1. The lowest BCUT2D eigenvalue weighted by atomic mass is 9.92. The van der Waals surface area contributed by atoms with Gasteiger partial charge in [0.1, 0.15) is 0 Å². The summed E-state index contributed by atoms with van der Waals surface area (Å²) in [5, 5.41) is 6.56. The van der Waals surface area contributed by atoms with Gasteiger partial charge in [0.15, 0.2) is 0 Å². The van der Waals surface area contributed by atoms with Crippen LogP contribution in [0.2, 0.25) is 5.02 Å². The zero-order chi connectivity index (χ0) is 25.3. The van der Waals surface area contributed by atoms with Gasteiger partial charge in [-0.1, -0.05) is 23.7 Å². The minimum absolute atomic E-state index is 0.197. The Labute approximate surface area is 218 Å². The minimum Gasteiger partial charge on any atom is -0.337 e. The fraction of sp³-hybridized carbons (Fsp3) is 0.536. The highest BCUT2D eigenvalue weighted by Crippen LogP contribution is 2.51. The van der Waals surface area contributed by atoms with E-state index in [0.29, 0.717) is 29.6 Å². The number of rotatable bonds is 8. The van der Waals surface area contributed by atoms with Gasteiger partial charge < -0.3 is 20.4 Å². The highest BCUT2D eigenvalue weighted by molar-refractivity contribution is 6.30. The topological polar surface area (TPSA) is 77.6 Å². The van der Waals surface area contributed by atoms with Gasteiger partial charge >= 0.3 is 6.03 Å². The zero-order valence-electron chi connectivity index (χ0n) is 21.2. The van der Waals surface area contributed by atoms with Gasteiger partial charge in [0.2, 0.25) is 5.91 Å². The van der Waals surface area contributed by atoms with Crippen LogP contribution in [-0.2, 0) is 10.2 Å². The van der Waals surface area contributed by atoms with Gasteiger partial charge in [-0.3, -0.25) is 9.78 Å². The van der Waals surface area contributed by atoms with E-state index in [4.69, 9.17) is 11.6 Å². The Morgan fingerprint density at radius 1 is 1.03 bits per heavy atom. The van der Waals surface area contributed by atoms with E-state index in [9.17, 15) is 9.59 Å². The summed E-state index contributed by atoms with van der Waals surface area (Å²) in [7, 11) is 0. The van der Waals surface area contributed by atoms with E-state index in [-0.39, 0.29) is 11.4 Å². The van der Waals surface area contributed by atoms with Gasteiger partial charge in [0, 0.05) is 60.4 Å². The smallest absolute Gasteiger partial charge is 0.319 e. The number of anilines is 1. The van der Waals surface area contributed by atoms with Gasteiger partial charge in [-0.25, -0.2) is 4.79 Å². The van der Waals surface area contributed by atoms with Crippen molar-refractivity contribution < 1.29 is 9.59 Å². The average Bonchev–Trinajstić information content (AvgIpc) is 3.75. The number of hydrogen-bond acceptors (Lipinski definition) is 4. The molecule has 3 fully saturated rings. The molecule has 2 N–H and O–H groups in total. The molecule has 1 aromatic carbocycles. The van der Waals surface area contributed by atoms with Gasteiger partial charge in [-0.15, -0.1) is 0 Å². The largest absolute Gasteiger partial charge is 0.337 e. The number of urea groups is 1. The second-order valence-corrected chi connectivity index (χ2v) is 11.1. The number of amides is 3. The molecule has 36 heavy (non-hydrogen) atoms. The summed E-state index contributed by atoms with van der Waals surface area (Å²) < 4.78 is 0. The number of hydrogen-bond donors (Lipinski definition) is 2. The second-order valence-electron chi connectivity index (χ2n) is 10.6. The first-order valence-corrected chi connectivity index (χ1v) is 13.5. The van der Waals surface area contributed by atoms with Crippen molar-refractivity contribution in [3.05, 3.63) is 58.4 Å². The van der Waals surface area contributed by atoms with Gasteiger partial charge in [0.05, 0.1) is 5.41 Å². The van der Waals surface area contributed by atoms with Crippen molar-refractivity contribution in [3.63, 3.8) is 0 Å². The number of halogens is 1. The normalized spacial score (nSPS) is 19.5. The van der Waals surface area contributed by atoms with Gasteiger partial charge in [0.25, 0.3) is 0 Å². The van der Waals surface area contributed by atoms with E-state index in [1.54, 1.807) is 0 Å². The quantitative estimate of drug-likeness (QED) is 0.542. The molecule has 192 valence electrons. The van der Waals surface area contributed by atoms with Crippen molar-refractivity contribution in [1.29, 1.82) is 0 Å². The van der Waals surface area contributed by atoms with E-state index in [1.807, 2.05) is 50.2 Å². The van der Waals surface area contributed by atoms with E-state index in [1.165, 1.54) is 0 Å². The Morgan fingerprint density at radius 3 is 2.22 bits per heavy atom. The lowest BCUT2D eigenvalue weighted by Crippen LogP contribution is -2.52. The standard InChI is InChI=1S/C28H36ClN5O2/c1-19-17-23(18-20(2)31-19)32-27(36)30-13-16-33-14-9-25(10-15-33)34(24-7-8-24)26(35)28(11-12-28)21-3-5-22(29)6-4-21/h3-6,17-18,24-25H,7-16H2,1-2H3,(H2,30,31,32,36). The van der Waals surface area contributed by atoms with Crippen LogP contribution in [0.4, 0.5) is 10.5 Å². The SMILES string of the molecule is Cc1cc(NC(=O)NCCN2CCC(N(C(=O)C3(c4ccc(Cl)cc4)CC3)C3CC3)CC2)cc(C)n1. The van der Waals surface area contributed by atoms with Gasteiger partial charge in [-0.05, 0) is 82.2 Å². The first-order chi connectivity index (χ1) is 17.3. The number of aryl methyl sites for hydroxylation is 2. The molecule has 5 rings (SSSR count). The average molecular weight is 510 g/mol. The summed E-state index contributed by atoms with van der Waals surface area (Å²) in [6.07, 6.45) is 6.08. The Balaban J connectivity index is 1.10. The van der Waals surface area contributed by atoms with Crippen molar-refractivity contribution in [2.75, 3.05) is 31.5 Å². The summed E-state index contributed by atoms with van der Waals surface area (Å²) in [6.45, 7) is 7.12. The molecule has 3 amide bonds. The fourth-order valence-corrected chi connectivity index (χ4v) is 5.71. The molecule has 2 saturated carbocycles. The Morgan fingerprint density at radius 2 is 1.64 bits per heavy atom. The highest BCUT2D eigenvalue weighted by atomic mass is 35.5. The lowest BCUT2D eigenvalue weighted by molar-refractivity contribution is -0.138. The number of benzene rings is 1. The minimum atomic E-state index is -0.340. The highest BCUT2D eigenvalue weighted by Gasteiger charge is 2.56. The van der Waals surface area contributed by atoms with E-state index < -0.39 is 0 Å². The third-order valence-electron chi connectivity index (χ3n) is 7.73. The fourth-order valence-electron chi connectivity index (χ4n) is 5.58. The maximum atomic E-state index is 13.8. The van der Waals surface area contributed by atoms with E-state index in [2.05, 4.69) is 25.4 Å². The molecule has 0 atom stereocenters. The van der Waals surface area contributed by atoms with Crippen LogP contribution in [0, 0.1) is 13.8 Å². The molecule has 0 spiro atoms. The summed E-state index contributed by atoms with van der Waals surface area (Å²) in [6, 6.07) is 12.1. The third kappa shape index (κ3) is 5.68. The number of aromatic nitrogens is 1. The monoisotopic (exact) mass is 509 g/mol. The van der Waals surface area contributed by atoms with Crippen molar-refractivity contribution in [2.24, 2.45) is 0 Å². The first kappa shape index (κ1) is 25.0. The maximum Gasteiger partial charge on any atom is 0.319 e. The van der Waals surface area contributed by atoms with Gasteiger partial charge in [-0.2, -0.15) is 0 Å². The molecular formula is C28H36ClN5O2. The Hall–Kier alpha value is -2.64. The molecule has 0 bridgehead atoms.